The van der Waals surface area contributed by atoms with Crippen LogP contribution in [0, 0.1) is 5.92 Å². The third-order valence-corrected chi connectivity index (χ3v) is 5.30. The summed E-state index contributed by atoms with van der Waals surface area (Å²) in [6.07, 6.45) is 5.37. The third-order valence-electron chi connectivity index (χ3n) is 5.30. The van der Waals surface area contributed by atoms with Gasteiger partial charge in [-0.2, -0.15) is 0 Å². The van der Waals surface area contributed by atoms with E-state index >= 15 is 0 Å². The van der Waals surface area contributed by atoms with Gasteiger partial charge in [0.25, 0.3) is 0 Å². The molecule has 2 aliphatic rings. The van der Waals surface area contributed by atoms with Crippen molar-refractivity contribution in [3.63, 3.8) is 0 Å². The van der Waals surface area contributed by atoms with E-state index in [1.54, 1.807) is 24.3 Å². The topological polar surface area (TPSA) is 96.5 Å². The van der Waals surface area contributed by atoms with Crippen molar-refractivity contribution < 1.29 is 19.1 Å². The molecule has 1 aromatic rings. The maximum atomic E-state index is 12.3. The van der Waals surface area contributed by atoms with Crippen LogP contribution < -0.4 is 16.0 Å². The number of carbonyl (C=O) groups excluding carboxylic acids is 3. The van der Waals surface area contributed by atoms with E-state index in [2.05, 4.69) is 20.7 Å². The van der Waals surface area contributed by atoms with Crippen LogP contribution in [-0.4, -0.2) is 43.5 Å². The van der Waals surface area contributed by atoms with Crippen molar-refractivity contribution in [2.24, 2.45) is 5.92 Å². The largest absolute Gasteiger partial charge is 0.468 e. The third kappa shape index (κ3) is 5.79. The van der Waals surface area contributed by atoms with Gasteiger partial charge in [-0.3, -0.25) is 14.4 Å². The van der Waals surface area contributed by atoms with Crippen molar-refractivity contribution in [3.05, 3.63) is 29.8 Å². The Balaban J connectivity index is 1.42. The van der Waals surface area contributed by atoms with Crippen molar-refractivity contribution in [2.45, 2.75) is 50.6 Å². The molecule has 0 aliphatic carbocycles. The fourth-order valence-electron chi connectivity index (χ4n) is 4.01. The number of hydrogen-bond acceptors (Lipinski definition) is 5. The molecule has 0 spiro atoms. The van der Waals surface area contributed by atoms with Crippen LogP contribution in [0.15, 0.2) is 24.3 Å². The molecular formula is C20H27N3O4. The smallest absolute Gasteiger partial charge is 0.325 e. The Bertz CT molecular complexity index is 677. The van der Waals surface area contributed by atoms with E-state index in [0.29, 0.717) is 24.4 Å². The molecule has 2 unspecified atom stereocenters. The van der Waals surface area contributed by atoms with Crippen LogP contribution in [0.5, 0.6) is 0 Å². The van der Waals surface area contributed by atoms with Crippen molar-refractivity contribution in [1.29, 1.82) is 0 Å². The zero-order valence-electron chi connectivity index (χ0n) is 15.6. The number of amides is 2. The van der Waals surface area contributed by atoms with E-state index in [1.165, 1.54) is 20.0 Å². The highest BCUT2D eigenvalue weighted by Crippen LogP contribution is 2.32. The summed E-state index contributed by atoms with van der Waals surface area (Å²) >= 11 is 0. The van der Waals surface area contributed by atoms with Gasteiger partial charge in [0.15, 0.2) is 0 Å². The van der Waals surface area contributed by atoms with Gasteiger partial charge in [0.2, 0.25) is 11.8 Å². The molecule has 1 aromatic carbocycles. The molecule has 2 saturated heterocycles. The molecule has 2 atom stereocenters. The number of anilines is 1. The van der Waals surface area contributed by atoms with Crippen molar-refractivity contribution in [3.8, 4) is 0 Å². The first kappa shape index (κ1) is 19.4. The van der Waals surface area contributed by atoms with E-state index in [4.69, 9.17) is 0 Å². The van der Waals surface area contributed by atoms with E-state index in [9.17, 15) is 14.4 Å². The Kier molecular flexibility index (Phi) is 6.45. The number of fused-ring (bicyclic) bond motifs is 2. The number of rotatable bonds is 7. The summed E-state index contributed by atoms with van der Waals surface area (Å²) in [6.45, 7) is -0.137. The second-order valence-corrected chi connectivity index (χ2v) is 7.45. The van der Waals surface area contributed by atoms with Gasteiger partial charge < -0.3 is 20.7 Å². The Labute approximate surface area is 159 Å². The summed E-state index contributed by atoms with van der Waals surface area (Å²) in [4.78, 5) is 35.1. The quantitative estimate of drug-likeness (QED) is 0.628. The lowest BCUT2D eigenvalue weighted by molar-refractivity contribution is -0.141. The highest BCUT2D eigenvalue weighted by atomic mass is 16.5. The number of hydrogen-bond donors (Lipinski definition) is 3. The van der Waals surface area contributed by atoms with Gasteiger partial charge in [0.05, 0.1) is 13.5 Å². The maximum Gasteiger partial charge on any atom is 0.325 e. The van der Waals surface area contributed by atoms with Gasteiger partial charge in [0.1, 0.15) is 6.54 Å². The minimum absolute atomic E-state index is 0.0462. The standard InChI is InChI=1S/C20H27N3O4/c1-27-20(26)12-21-18(24)10-13-2-4-15(5-3-13)23-19(25)11-14-8-16-6-7-17(9-14)22-16/h2-5,14,16-17,22H,6-12H2,1H3,(H,21,24)(H,23,25). The molecule has 0 aromatic heterocycles. The zero-order chi connectivity index (χ0) is 19.2. The second kappa shape index (κ2) is 8.99. The highest BCUT2D eigenvalue weighted by molar-refractivity contribution is 5.91. The van der Waals surface area contributed by atoms with E-state index in [1.807, 2.05) is 0 Å². The number of carbonyl (C=O) groups is 3. The molecule has 27 heavy (non-hydrogen) atoms. The van der Waals surface area contributed by atoms with E-state index < -0.39 is 5.97 Å². The van der Waals surface area contributed by atoms with Gasteiger partial charge in [-0.1, -0.05) is 12.1 Å². The van der Waals surface area contributed by atoms with Crippen LogP contribution in [0.3, 0.4) is 0 Å². The maximum absolute atomic E-state index is 12.3. The molecule has 3 N–H and O–H groups in total. The van der Waals surface area contributed by atoms with E-state index in [-0.39, 0.29) is 24.8 Å². The van der Waals surface area contributed by atoms with Crippen LogP contribution in [0.1, 0.15) is 37.7 Å². The van der Waals surface area contributed by atoms with Gasteiger partial charge in [-0.25, -0.2) is 0 Å². The van der Waals surface area contributed by atoms with Gasteiger partial charge >= 0.3 is 5.97 Å². The summed E-state index contributed by atoms with van der Waals surface area (Å²) in [5.74, 6) is -0.229. The van der Waals surface area contributed by atoms with Gasteiger partial charge in [-0.05, 0) is 49.3 Å². The average Bonchev–Trinajstić information content (AvgIpc) is 2.99. The number of piperidine rings is 1. The second-order valence-electron chi connectivity index (χ2n) is 7.45. The summed E-state index contributed by atoms with van der Waals surface area (Å²) < 4.78 is 4.48. The molecule has 2 bridgehead atoms. The van der Waals surface area contributed by atoms with Crippen LogP contribution in [0.2, 0.25) is 0 Å². The molecule has 2 aliphatic heterocycles. The van der Waals surface area contributed by atoms with Gasteiger partial charge in [-0.15, -0.1) is 0 Å². The van der Waals surface area contributed by atoms with Crippen molar-refractivity contribution >= 4 is 23.5 Å². The molecule has 7 nitrogen and oxygen atoms in total. The first-order chi connectivity index (χ1) is 13.0. The summed E-state index contributed by atoms with van der Waals surface area (Å²) in [7, 11) is 1.27. The number of benzene rings is 1. The van der Waals surface area contributed by atoms with E-state index in [0.717, 1.165) is 24.1 Å². The molecule has 2 amide bonds. The molecule has 3 rings (SSSR count). The van der Waals surface area contributed by atoms with Crippen LogP contribution in [0.4, 0.5) is 5.69 Å². The lowest BCUT2D eigenvalue weighted by atomic mass is 9.89. The minimum Gasteiger partial charge on any atom is -0.468 e. The molecule has 0 saturated carbocycles. The minimum atomic E-state index is -0.483. The van der Waals surface area contributed by atoms with Crippen LogP contribution in [-0.2, 0) is 25.5 Å². The highest BCUT2D eigenvalue weighted by Gasteiger charge is 2.34. The fourth-order valence-corrected chi connectivity index (χ4v) is 4.01. The van der Waals surface area contributed by atoms with Crippen LogP contribution >= 0.6 is 0 Å². The Morgan fingerprint density at radius 1 is 1.07 bits per heavy atom. The average molecular weight is 373 g/mol. The molecule has 146 valence electrons. The molecular weight excluding hydrogens is 346 g/mol. The molecule has 0 radical (unpaired) electrons. The predicted octanol–water partition coefficient (Wildman–Crippen LogP) is 1.38. The first-order valence-corrected chi connectivity index (χ1v) is 9.50. The number of methoxy groups -OCH3 is 1. The molecule has 2 fully saturated rings. The fraction of sp³-hybridized carbons (Fsp3) is 0.550. The van der Waals surface area contributed by atoms with Gasteiger partial charge in [0, 0.05) is 24.2 Å². The van der Waals surface area contributed by atoms with Crippen molar-refractivity contribution in [2.75, 3.05) is 19.0 Å². The first-order valence-electron chi connectivity index (χ1n) is 9.50. The monoisotopic (exact) mass is 373 g/mol. The Hall–Kier alpha value is -2.41. The Morgan fingerprint density at radius 2 is 1.74 bits per heavy atom. The summed E-state index contributed by atoms with van der Waals surface area (Å²) in [6, 6.07) is 8.38. The SMILES string of the molecule is COC(=O)CNC(=O)Cc1ccc(NC(=O)CC2CC3CCC(C2)N3)cc1. The number of esters is 1. The normalized spacial score (nSPS) is 23.5. The predicted molar refractivity (Wildman–Crippen MR) is 101 cm³/mol. The zero-order valence-corrected chi connectivity index (χ0v) is 15.6. The molecule has 2 heterocycles. The van der Waals surface area contributed by atoms with Crippen molar-refractivity contribution in [1.82, 2.24) is 10.6 Å². The number of ether oxygens (including phenoxy) is 1. The van der Waals surface area contributed by atoms with Crippen LogP contribution in [0.25, 0.3) is 0 Å². The molecule has 7 heteroatoms. The lowest BCUT2D eigenvalue weighted by Crippen LogP contribution is -2.39. The lowest BCUT2D eigenvalue weighted by Gasteiger charge is -2.28. The summed E-state index contributed by atoms with van der Waals surface area (Å²) in [5, 5.41) is 9.04. The Morgan fingerprint density at radius 3 is 2.37 bits per heavy atom. The number of nitrogens with one attached hydrogen (secondary N) is 3. The summed E-state index contributed by atoms with van der Waals surface area (Å²) in [5.41, 5.74) is 1.54.